The van der Waals surface area contributed by atoms with Crippen LogP contribution in [0.3, 0.4) is 0 Å². The Morgan fingerprint density at radius 1 is 1.16 bits per heavy atom. The summed E-state index contributed by atoms with van der Waals surface area (Å²) in [6.07, 6.45) is 1.00. The molecule has 1 heterocycles. The molecule has 0 aliphatic carbocycles. The molecule has 0 bridgehead atoms. The molecule has 19 heavy (non-hydrogen) atoms. The molecule has 0 saturated carbocycles. The van der Waals surface area contributed by atoms with E-state index in [-0.39, 0.29) is 0 Å². The number of rotatable bonds is 7. The fourth-order valence-electron chi connectivity index (χ4n) is 1.50. The molecule has 1 aromatic carbocycles. The van der Waals surface area contributed by atoms with Gasteiger partial charge in [0.05, 0.1) is 6.61 Å². The summed E-state index contributed by atoms with van der Waals surface area (Å²) in [6.45, 7) is 3.22. The Balaban J connectivity index is 1.89. The number of anilines is 1. The molecule has 2 rings (SSSR count). The molecule has 0 spiro atoms. The molecule has 0 aliphatic rings. The number of hydrogen-bond donors (Lipinski definition) is 1. The van der Waals surface area contributed by atoms with Gasteiger partial charge in [-0.05, 0) is 30.7 Å². The van der Waals surface area contributed by atoms with E-state index in [9.17, 15) is 0 Å². The summed E-state index contributed by atoms with van der Waals surface area (Å²) in [6, 6.07) is 7.60. The molecule has 1 aromatic heterocycles. The molecule has 0 aliphatic heterocycles. The fraction of sp³-hybridized carbons (Fsp3) is 0.385. The zero-order valence-corrected chi connectivity index (χ0v) is 11.9. The molecule has 0 atom stereocenters. The average molecular weight is 279 g/mol. The van der Waals surface area contributed by atoms with Gasteiger partial charge in [0.15, 0.2) is 0 Å². The van der Waals surface area contributed by atoms with Gasteiger partial charge in [-0.1, -0.05) is 11.4 Å². The van der Waals surface area contributed by atoms with Crippen LogP contribution in [0.4, 0.5) is 5.00 Å². The fourth-order valence-corrected chi connectivity index (χ4v) is 2.01. The second-order valence-corrected chi connectivity index (χ2v) is 4.66. The van der Waals surface area contributed by atoms with E-state index in [1.54, 1.807) is 0 Å². The summed E-state index contributed by atoms with van der Waals surface area (Å²) in [5.74, 6) is 1.65. The van der Waals surface area contributed by atoms with Gasteiger partial charge in [0.1, 0.15) is 28.8 Å². The zero-order valence-electron chi connectivity index (χ0n) is 11.0. The lowest BCUT2D eigenvalue weighted by atomic mass is 10.3. The van der Waals surface area contributed by atoms with Crippen molar-refractivity contribution in [2.24, 2.45) is 0 Å². The van der Waals surface area contributed by atoms with Crippen LogP contribution in [0.25, 0.3) is 0 Å². The van der Waals surface area contributed by atoms with Gasteiger partial charge < -0.3 is 14.8 Å². The minimum atomic E-state index is 0.405. The van der Waals surface area contributed by atoms with Crippen molar-refractivity contribution in [3.8, 4) is 11.5 Å². The molecule has 5 nitrogen and oxygen atoms in total. The number of hydrogen-bond acceptors (Lipinski definition) is 6. The number of ether oxygens (including phenoxy) is 2. The number of nitrogens with one attached hydrogen (secondary N) is 1. The standard InChI is InChI=1S/C13H17N3O2S/c1-3-8-17-10-4-6-11(7-5-10)18-9-12-13(14-2)19-16-15-12/h4-7,14H,3,8-9H2,1-2H3. The van der Waals surface area contributed by atoms with Crippen molar-refractivity contribution in [1.29, 1.82) is 0 Å². The topological polar surface area (TPSA) is 56.3 Å². The van der Waals surface area contributed by atoms with Gasteiger partial charge in [-0.25, -0.2) is 0 Å². The molecule has 0 fully saturated rings. The van der Waals surface area contributed by atoms with Gasteiger partial charge in [-0.3, -0.25) is 0 Å². The Kier molecular flexibility index (Phi) is 4.97. The lowest BCUT2D eigenvalue weighted by molar-refractivity contribution is 0.298. The van der Waals surface area contributed by atoms with Crippen LogP contribution in [-0.2, 0) is 6.61 Å². The van der Waals surface area contributed by atoms with Crippen LogP contribution in [0.15, 0.2) is 24.3 Å². The molecule has 0 amide bonds. The Bertz CT molecular complexity index is 499. The highest BCUT2D eigenvalue weighted by atomic mass is 32.1. The summed E-state index contributed by atoms with van der Waals surface area (Å²) in [5, 5.41) is 7.99. The number of benzene rings is 1. The Labute approximate surface area is 116 Å². The molecule has 0 saturated heterocycles. The van der Waals surface area contributed by atoms with Gasteiger partial charge >= 0.3 is 0 Å². The highest BCUT2D eigenvalue weighted by Crippen LogP contribution is 2.21. The maximum atomic E-state index is 5.66. The molecule has 2 aromatic rings. The van der Waals surface area contributed by atoms with E-state index >= 15 is 0 Å². The van der Waals surface area contributed by atoms with Crippen LogP contribution in [-0.4, -0.2) is 23.2 Å². The monoisotopic (exact) mass is 279 g/mol. The summed E-state index contributed by atoms with van der Waals surface area (Å²) >= 11 is 1.32. The van der Waals surface area contributed by atoms with Crippen molar-refractivity contribution in [2.75, 3.05) is 19.0 Å². The number of nitrogens with zero attached hydrogens (tertiary/aromatic N) is 2. The van der Waals surface area contributed by atoms with E-state index < -0.39 is 0 Å². The average Bonchev–Trinajstić information content (AvgIpc) is 2.91. The minimum absolute atomic E-state index is 0.405. The zero-order chi connectivity index (χ0) is 13.5. The van der Waals surface area contributed by atoms with E-state index in [4.69, 9.17) is 9.47 Å². The first-order valence-corrected chi connectivity index (χ1v) is 6.95. The van der Waals surface area contributed by atoms with E-state index in [1.165, 1.54) is 11.5 Å². The summed E-state index contributed by atoms with van der Waals surface area (Å²) in [5.41, 5.74) is 0.818. The minimum Gasteiger partial charge on any atom is -0.494 e. The highest BCUT2D eigenvalue weighted by molar-refractivity contribution is 7.10. The molecule has 0 radical (unpaired) electrons. The van der Waals surface area contributed by atoms with Crippen molar-refractivity contribution < 1.29 is 9.47 Å². The molecule has 0 unspecified atom stereocenters. The van der Waals surface area contributed by atoms with E-state index in [1.807, 2.05) is 31.3 Å². The Morgan fingerprint density at radius 3 is 2.47 bits per heavy atom. The lowest BCUT2D eigenvalue weighted by Crippen LogP contribution is -2.00. The molecule has 102 valence electrons. The lowest BCUT2D eigenvalue weighted by Gasteiger charge is -2.07. The second kappa shape index (κ2) is 6.94. The normalized spacial score (nSPS) is 10.2. The number of aromatic nitrogens is 2. The van der Waals surface area contributed by atoms with Gasteiger partial charge in [0, 0.05) is 18.6 Å². The van der Waals surface area contributed by atoms with Gasteiger partial charge in [-0.2, -0.15) is 0 Å². The maximum absolute atomic E-state index is 5.66. The van der Waals surface area contributed by atoms with Gasteiger partial charge in [0.25, 0.3) is 0 Å². The van der Waals surface area contributed by atoms with Crippen molar-refractivity contribution in [3.05, 3.63) is 30.0 Å². The van der Waals surface area contributed by atoms with Gasteiger partial charge in [-0.15, -0.1) is 5.10 Å². The van der Waals surface area contributed by atoms with Gasteiger partial charge in [0.2, 0.25) is 0 Å². The van der Waals surface area contributed by atoms with Crippen LogP contribution in [0.2, 0.25) is 0 Å². The largest absolute Gasteiger partial charge is 0.494 e. The molecular formula is C13H17N3O2S. The quantitative estimate of drug-likeness (QED) is 0.844. The van der Waals surface area contributed by atoms with Crippen molar-refractivity contribution in [2.45, 2.75) is 20.0 Å². The molecule has 6 heteroatoms. The van der Waals surface area contributed by atoms with Crippen LogP contribution in [0.5, 0.6) is 11.5 Å². The van der Waals surface area contributed by atoms with E-state index in [0.29, 0.717) is 6.61 Å². The molecular weight excluding hydrogens is 262 g/mol. The van der Waals surface area contributed by atoms with Crippen molar-refractivity contribution in [1.82, 2.24) is 9.59 Å². The SMILES string of the molecule is CCCOc1ccc(OCc2nnsc2NC)cc1. The van der Waals surface area contributed by atoms with Crippen LogP contribution >= 0.6 is 11.5 Å². The third kappa shape index (κ3) is 3.82. The summed E-state index contributed by atoms with van der Waals surface area (Å²) in [4.78, 5) is 0. The van der Waals surface area contributed by atoms with Crippen LogP contribution < -0.4 is 14.8 Å². The first kappa shape index (κ1) is 13.6. The first-order chi connectivity index (χ1) is 9.33. The Hall–Kier alpha value is -1.82. The molecule has 1 N–H and O–H groups in total. The van der Waals surface area contributed by atoms with Crippen molar-refractivity contribution >= 4 is 16.5 Å². The predicted octanol–water partition coefficient (Wildman–Crippen LogP) is 2.95. The van der Waals surface area contributed by atoms with E-state index in [0.717, 1.165) is 35.2 Å². The van der Waals surface area contributed by atoms with Crippen molar-refractivity contribution in [3.63, 3.8) is 0 Å². The smallest absolute Gasteiger partial charge is 0.136 e. The summed E-state index contributed by atoms with van der Waals surface area (Å²) < 4.78 is 15.1. The van der Waals surface area contributed by atoms with Crippen LogP contribution in [0.1, 0.15) is 19.0 Å². The highest BCUT2D eigenvalue weighted by Gasteiger charge is 2.06. The first-order valence-electron chi connectivity index (χ1n) is 6.18. The van der Waals surface area contributed by atoms with E-state index in [2.05, 4.69) is 21.8 Å². The maximum Gasteiger partial charge on any atom is 0.136 e. The van der Waals surface area contributed by atoms with Crippen LogP contribution in [0, 0.1) is 0 Å². The Morgan fingerprint density at radius 2 is 1.84 bits per heavy atom. The summed E-state index contributed by atoms with van der Waals surface area (Å²) in [7, 11) is 1.85. The predicted molar refractivity (Wildman–Crippen MR) is 76.0 cm³/mol. The third-order valence-electron chi connectivity index (χ3n) is 2.45. The second-order valence-electron chi connectivity index (χ2n) is 3.91. The third-order valence-corrected chi connectivity index (χ3v) is 3.24.